The molecule has 0 radical (unpaired) electrons. The van der Waals surface area contributed by atoms with Gasteiger partial charge in [-0.05, 0) is 26.0 Å². The smallest absolute Gasteiger partial charge is 0.206 e. The lowest BCUT2D eigenvalue weighted by Gasteiger charge is -2.05. The van der Waals surface area contributed by atoms with E-state index in [1.165, 1.54) is 29.0 Å². The number of aryl methyl sites for hydroxylation is 1. The van der Waals surface area contributed by atoms with Crippen molar-refractivity contribution in [3.8, 4) is 22.8 Å². The summed E-state index contributed by atoms with van der Waals surface area (Å²) in [6.07, 6.45) is 1.55. The molecule has 27 heavy (non-hydrogen) atoms. The van der Waals surface area contributed by atoms with E-state index in [1.807, 2.05) is 31.4 Å². The number of phenols is 2. The Balaban J connectivity index is 2.08. The van der Waals surface area contributed by atoms with Gasteiger partial charge in [0, 0.05) is 22.6 Å². The van der Waals surface area contributed by atoms with E-state index in [0.717, 1.165) is 21.6 Å². The summed E-state index contributed by atoms with van der Waals surface area (Å²) in [4.78, 5) is 5.32. The van der Waals surface area contributed by atoms with Gasteiger partial charge in [0.1, 0.15) is 11.5 Å². The molecule has 0 spiro atoms. The summed E-state index contributed by atoms with van der Waals surface area (Å²) >= 11 is 1.50. The van der Waals surface area contributed by atoms with Gasteiger partial charge >= 0.3 is 0 Å². The Hall–Kier alpha value is -3.12. The number of phenolic OH excluding ortho intramolecular Hbond substituents is 2. The largest absolute Gasteiger partial charge is 0.508 e. The number of benzene rings is 2. The zero-order valence-corrected chi connectivity index (χ0v) is 16.1. The second kappa shape index (κ2) is 8.05. The lowest BCUT2D eigenvalue weighted by Crippen LogP contribution is -2.13. The molecule has 0 unspecified atom stereocenters. The number of hydrogen-bond donors (Lipinski definition) is 2. The van der Waals surface area contributed by atoms with E-state index in [0.29, 0.717) is 12.1 Å². The standard InChI is InChI=1S/C21H21N3O2S/c1-14(2)11-22-21-24(23-12-17-8-9-18(25)10-20(17)26)19(13-27-21)16-6-4-15(3)5-7-16/h4-10,12-13,25-26H,1,11H2,2-3H3. The fourth-order valence-corrected chi connectivity index (χ4v) is 3.24. The molecule has 1 aromatic heterocycles. The molecule has 3 rings (SSSR count). The van der Waals surface area contributed by atoms with E-state index in [-0.39, 0.29) is 11.5 Å². The summed E-state index contributed by atoms with van der Waals surface area (Å²) < 4.78 is 1.75. The molecule has 0 atom stereocenters. The molecule has 0 aliphatic rings. The zero-order valence-electron chi connectivity index (χ0n) is 15.3. The van der Waals surface area contributed by atoms with Gasteiger partial charge in [0.15, 0.2) is 0 Å². The summed E-state index contributed by atoms with van der Waals surface area (Å²) in [5.74, 6) is -0.0304. The first kappa shape index (κ1) is 18.7. The minimum atomic E-state index is -0.0353. The molecule has 2 N–H and O–H groups in total. The molecule has 1 heterocycles. The highest BCUT2D eigenvalue weighted by molar-refractivity contribution is 7.07. The normalized spacial score (nSPS) is 12.0. The molecule has 0 saturated carbocycles. The molecule has 0 aliphatic heterocycles. The lowest BCUT2D eigenvalue weighted by molar-refractivity contribution is 0.450. The number of thiazole rings is 1. The molecule has 2 aromatic carbocycles. The minimum Gasteiger partial charge on any atom is -0.508 e. The van der Waals surface area contributed by atoms with Crippen LogP contribution < -0.4 is 4.80 Å². The third kappa shape index (κ3) is 4.54. The molecule has 0 fully saturated rings. The number of hydrogen-bond acceptors (Lipinski definition) is 5. The lowest BCUT2D eigenvalue weighted by atomic mass is 10.1. The van der Waals surface area contributed by atoms with Crippen molar-refractivity contribution in [3.05, 3.63) is 75.9 Å². The minimum absolute atomic E-state index is 0.00493. The van der Waals surface area contributed by atoms with Crippen LogP contribution in [-0.4, -0.2) is 27.6 Å². The van der Waals surface area contributed by atoms with Crippen molar-refractivity contribution >= 4 is 17.6 Å². The van der Waals surface area contributed by atoms with Crippen LogP contribution in [0.2, 0.25) is 0 Å². The van der Waals surface area contributed by atoms with Crippen LogP contribution in [-0.2, 0) is 0 Å². The van der Waals surface area contributed by atoms with Crippen LogP contribution in [0.5, 0.6) is 11.5 Å². The second-order valence-corrected chi connectivity index (χ2v) is 7.18. The average Bonchev–Trinajstić information content (AvgIpc) is 3.03. The first-order valence-electron chi connectivity index (χ1n) is 8.43. The van der Waals surface area contributed by atoms with Gasteiger partial charge < -0.3 is 10.2 Å². The first-order chi connectivity index (χ1) is 12.9. The summed E-state index contributed by atoms with van der Waals surface area (Å²) in [5.41, 5.74) is 4.60. The Bertz CT molecular complexity index is 1060. The highest BCUT2D eigenvalue weighted by Gasteiger charge is 2.08. The van der Waals surface area contributed by atoms with Gasteiger partial charge in [0.05, 0.1) is 18.5 Å². The van der Waals surface area contributed by atoms with E-state index in [2.05, 4.69) is 28.8 Å². The van der Waals surface area contributed by atoms with E-state index in [4.69, 9.17) is 0 Å². The van der Waals surface area contributed by atoms with Gasteiger partial charge in [0.25, 0.3) is 0 Å². The van der Waals surface area contributed by atoms with E-state index < -0.39 is 0 Å². The van der Waals surface area contributed by atoms with Gasteiger partial charge in [-0.25, -0.2) is 4.68 Å². The van der Waals surface area contributed by atoms with Crippen molar-refractivity contribution in [2.75, 3.05) is 6.54 Å². The Morgan fingerprint density at radius 2 is 1.93 bits per heavy atom. The summed E-state index contributed by atoms with van der Waals surface area (Å²) in [5, 5.41) is 26.0. The molecular weight excluding hydrogens is 358 g/mol. The topological polar surface area (TPSA) is 70.1 Å². The maximum absolute atomic E-state index is 9.99. The van der Waals surface area contributed by atoms with E-state index in [9.17, 15) is 10.2 Å². The Morgan fingerprint density at radius 3 is 2.59 bits per heavy atom. The quantitative estimate of drug-likeness (QED) is 0.513. The maximum atomic E-state index is 9.99. The Morgan fingerprint density at radius 1 is 1.19 bits per heavy atom. The molecule has 0 bridgehead atoms. The number of rotatable bonds is 5. The van der Waals surface area contributed by atoms with Crippen molar-refractivity contribution in [1.82, 2.24) is 4.68 Å². The fraction of sp³-hybridized carbons (Fsp3) is 0.143. The van der Waals surface area contributed by atoms with Crippen molar-refractivity contribution in [1.29, 1.82) is 0 Å². The van der Waals surface area contributed by atoms with Crippen LogP contribution in [0.3, 0.4) is 0 Å². The van der Waals surface area contributed by atoms with Crippen molar-refractivity contribution in [2.45, 2.75) is 13.8 Å². The van der Waals surface area contributed by atoms with Crippen LogP contribution in [0.4, 0.5) is 0 Å². The van der Waals surface area contributed by atoms with Gasteiger partial charge in [-0.2, -0.15) is 5.10 Å². The predicted octanol–water partition coefficient (Wildman–Crippen LogP) is 4.30. The van der Waals surface area contributed by atoms with E-state index in [1.54, 1.807) is 17.0 Å². The Kier molecular flexibility index (Phi) is 5.57. The zero-order chi connectivity index (χ0) is 19.4. The number of aromatic nitrogens is 1. The van der Waals surface area contributed by atoms with Gasteiger partial charge in [-0.15, -0.1) is 11.3 Å². The molecule has 6 heteroatoms. The van der Waals surface area contributed by atoms with Crippen LogP contribution in [0.1, 0.15) is 18.1 Å². The highest BCUT2D eigenvalue weighted by Crippen LogP contribution is 2.23. The molecule has 0 amide bonds. The average molecular weight is 379 g/mol. The van der Waals surface area contributed by atoms with Crippen molar-refractivity contribution in [2.24, 2.45) is 10.1 Å². The molecular formula is C21H21N3O2S. The van der Waals surface area contributed by atoms with Crippen LogP contribution >= 0.6 is 11.3 Å². The first-order valence-corrected chi connectivity index (χ1v) is 9.31. The number of nitrogens with zero attached hydrogens (tertiary/aromatic N) is 3. The third-order valence-corrected chi connectivity index (χ3v) is 4.70. The Labute approximate surface area is 161 Å². The summed E-state index contributed by atoms with van der Waals surface area (Å²) in [6, 6.07) is 12.6. The second-order valence-electron chi connectivity index (χ2n) is 6.34. The third-order valence-electron chi connectivity index (χ3n) is 3.84. The van der Waals surface area contributed by atoms with Gasteiger partial charge in [-0.1, -0.05) is 42.0 Å². The molecule has 138 valence electrons. The van der Waals surface area contributed by atoms with E-state index >= 15 is 0 Å². The SMILES string of the molecule is C=C(C)CN=c1scc(-c2ccc(C)cc2)n1N=Cc1ccc(O)cc1O. The number of aromatic hydroxyl groups is 2. The van der Waals surface area contributed by atoms with Crippen molar-refractivity contribution in [3.63, 3.8) is 0 Å². The van der Waals surface area contributed by atoms with Gasteiger partial charge in [-0.3, -0.25) is 4.99 Å². The molecule has 0 saturated heterocycles. The fourth-order valence-electron chi connectivity index (χ4n) is 2.41. The summed E-state index contributed by atoms with van der Waals surface area (Å²) in [6.45, 7) is 8.39. The predicted molar refractivity (Wildman–Crippen MR) is 110 cm³/mol. The highest BCUT2D eigenvalue weighted by atomic mass is 32.1. The van der Waals surface area contributed by atoms with Crippen molar-refractivity contribution < 1.29 is 10.2 Å². The van der Waals surface area contributed by atoms with Crippen LogP contribution in [0.25, 0.3) is 11.3 Å². The van der Waals surface area contributed by atoms with Crippen LogP contribution in [0, 0.1) is 6.92 Å². The van der Waals surface area contributed by atoms with Gasteiger partial charge in [0.2, 0.25) is 4.80 Å². The molecule has 5 nitrogen and oxygen atoms in total. The molecule has 3 aromatic rings. The van der Waals surface area contributed by atoms with Crippen LogP contribution in [0.15, 0.2) is 70.1 Å². The maximum Gasteiger partial charge on any atom is 0.206 e. The molecule has 0 aliphatic carbocycles. The summed E-state index contributed by atoms with van der Waals surface area (Å²) in [7, 11) is 0. The monoisotopic (exact) mass is 379 g/mol.